The quantitative estimate of drug-likeness (QED) is 0.675. The van der Waals surface area contributed by atoms with Crippen molar-refractivity contribution in [2.45, 2.75) is 16.8 Å². The molecular formula is C21H16ClN3O2S. The molecule has 0 fully saturated rings. The fraction of sp³-hybridized carbons (Fsp3) is 0.0952. The summed E-state index contributed by atoms with van der Waals surface area (Å²) in [6.07, 6.45) is 1.66. The number of carbonyl (C=O) groups excluding carboxylic acids is 2. The third-order valence-corrected chi connectivity index (χ3v) is 5.86. The molecule has 28 heavy (non-hydrogen) atoms. The van der Waals surface area contributed by atoms with E-state index in [4.69, 9.17) is 11.6 Å². The van der Waals surface area contributed by atoms with E-state index in [2.05, 4.69) is 10.3 Å². The molecule has 0 unspecified atom stereocenters. The van der Waals surface area contributed by atoms with Crippen molar-refractivity contribution in [3.05, 3.63) is 76.9 Å². The largest absolute Gasteiger partial charge is 0.324 e. The summed E-state index contributed by atoms with van der Waals surface area (Å²) >= 11 is 7.55. The van der Waals surface area contributed by atoms with Crippen LogP contribution in [0.4, 0.5) is 11.4 Å². The van der Waals surface area contributed by atoms with Crippen LogP contribution in [0.3, 0.4) is 0 Å². The molecule has 0 spiro atoms. The summed E-state index contributed by atoms with van der Waals surface area (Å²) in [6.45, 7) is 1.78. The Morgan fingerprint density at radius 1 is 1.18 bits per heavy atom. The van der Waals surface area contributed by atoms with E-state index in [1.807, 2.05) is 37.3 Å². The van der Waals surface area contributed by atoms with E-state index in [0.717, 1.165) is 10.5 Å². The first-order valence-corrected chi connectivity index (χ1v) is 9.82. The average molecular weight is 410 g/mol. The number of aromatic nitrogens is 1. The van der Waals surface area contributed by atoms with Crippen molar-refractivity contribution in [3.8, 4) is 0 Å². The van der Waals surface area contributed by atoms with Crippen LogP contribution in [-0.4, -0.2) is 23.3 Å². The molecule has 0 radical (unpaired) electrons. The van der Waals surface area contributed by atoms with Crippen molar-refractivity contribution in [2.75, 3.05) is 16.8 Å². The molecule has 3 aromatic rings. The van der Waals surface area contributed by atoms with Crippen LogP contribution in [0, 0.1) is 6.92 Å². The zero-order chi connectivity index (χ0) is 19.7. The Bertz CT molecular complexity index is 1090. The van der Waals surface area contributed by atoms with Crippen molar-refractivity contribution in [1.82, 2.24) is 4.98 Å². The van der Waals surface area contributed by atoms with Crippen LogP contribution in [0.25, 0.3) is 0 Å². The first-order valence-electron chi connectivity index (χ1n) is 8.63. The fourth-order valence-electron chi connectivity index (χ4n) is 2.93. The number of pyridine rings is 1. The normalized spacial score (nSPS) is 12.8. The van der Waals surface area contributed by atoms with Gasteiger partial charge in [0.25, 0.3) is 5.91 Å². The Hall–Kier alpha value is -2.83. The number of nitrogens with one attached hydrogen (secondary N) is 1. The van der Waals surface area contributed by atoms with Crippen molar-refractivity contribution >= 4 is 46.6 Å². The number of hydrogen-bond donors (Lipinski definition) is 1. The van der Waals surface area contributed by atoms with Gasteiger partial charge in [-0.3, -0.25) is 14.5 Å². The molecule has 140 valence electrons. The van der Waals surface area contributed by atoms with Crippen LogP contribution in [-0.2, 0) is 4.79 Å². The van der Waals surface area contributed by atoms with Crippen LogP contribution in [0.5, 0.6) is 0 Å². The lowest BCUT2D eigenvalue weighted by Crippen LogP contribution is -2.38. The number of carbonyl (C=O) groups is 2. The minimum absolute atomic E-state index is 0.115. The summed E-state index contributed by atoms with van der Waals surface area (Å²) in [7, 11) is 0. The van der Waals surface area contributed by atoms with Gasteiger partial charge >= 0.3 is 0 Å². The van der Waals surface area contributed by atoms with E-state index in [1.54, 1.807) is 30.5 Å². The molecule has 1 aliphatic heterocycles. The number of aryl methyl sites for hydroxylation is 1. The molecule has 0 atom stereocenters. The number of anilines is 2. The van der Waals surface area contributed by atoms with Gasteiger partial charge in [-0.2, -0.15) is 0 Å². The molecule has 1 N–H and O–H groups in total. The first-order chi connectivity index (χ1) is 13.5. The third-order valence-electron chi connectivity index (χ3n) is 4.37. The molecule has 0 saturated carbocycles. The molecule has 2 aromatic carbocycles. The molecule has 0 aliphatic carbocycles. The Morgan fingerprint density at radius 2 is 2.00 bits per heavy atom. The van der Waals surface area contributed by atoms with Crippen LogP contribution < -0.4 is 10.2 Å². The highest BCUT2D eigenvalue weighted by Crippen LogP contribution is 2.39. The lowest BCUT2D eigenvalue weighted by Gasteiger charge is -2.22. The van der Waals surface area contributed by atoms with Crippen molar-refractivity contribution in [1.29, 1.82) is 0 Å². The SMILES string of the molecule is Cc1ccc(NC(=O)CN2C(=O)c3cccnc3Sc3ccccc32)cc1Cl. The molecule has 0 bridgehead atoms. The lowest BCUT2D eigenvalue weighted by atomic mass is 10.2. The number of nitrogens with zero attached hydrogens (tertiary/aromatic N) is 2. The Labute approximate surface area is 171 Å². The average Bonchev–Trinajstić information content (AvgIpc) is 2.80. The van der Waals surface area contributed by atoms with Crippen molar-refractivity contribution < 1.29 is 9.59 Å². The molecule has 1 aliphatic rings. The minimum Gasteiger partial charge on any atom is -0.324 e. The van der Waals surface area contributed by atoms with Gasteiger partial charge in [-0.15, -0.1) is 0 Å². The smallest absolute Gasteiger partial charge is 0.261 e. The number of fused-ring (bicyclic) bond motifs is 2. The van der Waals surface area contributed by atoms with Gasteiger partial charge in [-0.25, -0.2) is 4.98 Å². The van der Waals surface area contributed by atoms with Gasteiger partial charge in [0.2, 0.25) is 5.91 Å². The van der Waals surface area contributed by atoms with Crippen LogP contribution in [0.2, 0.25) is 5.02 Å². The van der Waals surface area contributed by atoms with Crippen molar-refractivity contribution in [2.24, 2.45) is 0 Å². The Kier molecular flexibility index (Phi) is 5.07. The highest BCUT2D eigenvalue weighted by molar-refractivity contribution is 7.99. The predicted octanol–water partition coefficient (Wildman–Crippen LogP) is 4.79. The summed E-state index contributed by atoms with van der Waals surface area (Å²) in [6, 6.07) is 16.3. The fourth-order valence-corrected chi connectivity index (χ4v) is 4.13. The molecule has 2 heterocycles. The van der Waals surface area contributed by atoms with Crippen LogP contribution in [0.15, 0.2) is 70.7 Å². The number of halogens is 1. The summed E-state index contributed by atoms with van der Waals surface area (Å²) in [5.41, 5.74) is 2.69. The van der Waals surface area contributed by atoms with E-state index in [1.165, 1.54) is 16.7 Å². The Balaban J connectivity index is 1.64. The molecule has 5 nitrogen and oxygen atoms in total. The van der Waals surface area contributed by atoms with Crippen LogP contribution in [0.1, 0.15) is 15.9 Å². The highest BCUT2D eigenvalue weighted by Gasteiger charge is 2.29. The second-order valence-electron chi connectivity index (χ2n) is 6.33. The van der Waals surface area contributed by atoms with Gasteiger partial charge < -0.3 is 5.32 Å². The number of benzene rings is 2. The second kappa shape index (κ2) is 7.66. The van der Waals surface area contributed by atoms with Gasteiger partial charge in [0.05, 0.1) is 11.3 Å². The van der Waals surface area contributed by atoms with E-state index in [0.29, 0.717) is 27.0 Å². The van der Waals surface area contributed by atoms with Gasteiger partial charge in [0.1, 0.15) is 11.6 Å². The van der Waals surface area contributed by atoms with Gasteiger partial charge in [0.15, 0.2) is 0 Å². The van der Waals surface area contributed by atoms with Gasteiger partial charge in [-0.05, 0) is 48.9 Å². The second-order valence-corrected chi connectivity index (χ2v) is 7.77. The first kappa shape index (κ1) is 18.5. The molecule has 0 saturated heterocycles. The molecule has 4 rings (SSSR count). The maximum Gasteiger partial charge on any atom is 0.261 e. The van der Waals surface area contributed by atoms with Crippen LogP contribution >= 0.6 is 23.4 Å². The van der Waals surface area contributed by atoms with E-state index >= 15 is 0 Å². The maximum atomic E-state index is 13.2. The number of para-hydroxylation sites is 1. The van der Waals surface area contributed by atoms with Gasteiger partial charge in [0, 0.05) is 21.8 Å². The molecule has 7 heteroatoms. The zero-order valence-corrected chi connectivity index (χ0v) is 16.6. The van der Waals surface area contributed by atoms with E-state index in [-0.39, 0.29) is 18.4 Å². The van der Waals surface area contributed by atoms with E-state index in [9.17, 15) is 9.59 Å². The monoisotopic (exact) mass is 409 g/mol. The highest BCUT2D eigenvalue weighted by atomic mass is 35.5. The topological polar surface area (TPSA) is 62.3 Å². The molecule has 2 amide bonds. The summed E-state index contributed by atoms with van der Waals surface area (Å²) in [5.74, 6) is -0.557. The summed E-state index contributed by atoms with van der Waals surface area (Å²) in [5, 5.41) is 4.02. The standard InChI is InChI=1S/C21H16ClN3O2S/c1-13-8-9-14(11-16(13)22)24-19(26)12-25-17-6-2-3-7-18(17)28-20-15(21(25)27)5-4-10-23-20/h2-11H,12H2,1H3,(H,24,26). The summed E-state index contributed by atoms with van der Waals surface area (Å²) in [4.78, 5) is 32.5. The van der Waals surface area contributed by atoms with Gasteiger partial charge in [-0.1, -0.05) is 41.6 Å². The predicted molar refractivity (Wildman–Crippen MR) is 111 cm³/mol. The minimum atomic E-state index is -0.305. The zero-order valence-electron chi connectivity index (χ0n) is 15.0. The lowest BCUT2D eigenvalue weighted by molar-refractivity contribution is -0.114. The molecular weight excluding hydrogens is 394 g/mol. The van der Waals surface area contributed by atoms with Crippen molar-refractivity contribution in [3.63, 3.8) is 0 Å². The number of rotatable bonds is 3. The number of amides is 2. The molecule has 1 aromatic heterocycles. The van der Waals surface area contributed by atoms with E-state index < -0.39 is 0 Å². The third kappa shape index (κ3) is 3.61. The maximum absolute atomic E-state index is 13.2. The number of hydrogen-bond acceptors (Lipinski definition) is 4. The Morgan fingerprint density at radius 3 is 2.82 bits per heavy atom. The summed E-state index contributed by atoms with van der Waals surface area (Å²) < 4.78 is 0.